The Balaban J connectivity index is 4.12. The molecule has 0 fully saturated rings. The maximum absolute atomic E-state index is 10.6. The van der Waals surface area contributed by atoms with Crippen LogP contribution in [0.3, 0.4) is 0 Å². The third-order valence-electron chi connectivity index (χ3n) is 1.35. The first kappa shape index (κ1) is 10.2. The number of allylic oxidation sites excluding steroid dienone is 1. The van der Waals surface area contributed by atoms with Gasteiger partial charge in [0.25, 0.3) is 0 Å². The molecule has 0 unspecified atom stereocenters. The molecule has 0 bridgehead atoms. The Labute approximate surface area is 67.9 Å². The number of carboxylic acids is 1. The van der Waals surface area contributed by atoms with E-state index in [0.29, 0.717) is 17.9 Å². The molecule has 0 aromatic carbocycles. The second-order valence-corrected chi connectivity index (χ2v) is 3.04. The molecule has 1 N–H and O–H groups in total. The van der Waals surface area contributed by atoms with Gasteiger partial charge in [-0.1, -0.05) is 26.8 Å². The molecular weight excluding hydrogens is 140 g/mol. The molecule has 11 heavy (non-hydrogen) atoms. The summed E-state index contributed by atoms with van der Waals surface area (Å²) in [6.45, 7) is 5.99. The topological polar surface area (TPSA) is 37.3 Å². The van der Waals surface area contributed by atoms with Gasteiger partial charge in [0.05, 0.1) is 0 Å². The first-order valence-electron chi connectivity index (χ1n) is 4.00. The van der Waals surface area contributed by atoms with Gasteiger partial charge in [0.2, 0.25) is 0 Å². The lowest BCUT2D eigenvalue weighted by Gasteiger charge is -2.04. The summed E-state index contributed by atoms with van der Waals surface area (Å²) in [5.74, 6) is -0.357. The Morgan fingerprint density at radius 3 is 2.36 bits per heavy atom. The van der Waals surface area contributed by atoms with Crippen LogP contribution in [0, 0.1) is 5.92 Å². The molecule has 0 aromatic rings. The van der Waals surface area contributed by atoms with Crippen LogP contribution in [-0.2, 0) is 4.79 Å². The maximum atomic E-state index is 10.6. The van der Waals surface area contributed by atoms with Crippen LogP contribution in [0.1, 0.15) is 33.6 Å². The van der Waals surface area contributed by atoms with Crippen molar-refractivity contribution < 1.29 is 9.90 Å². The lowest BCUT2D eigenvalue weighted by molar-refractivity contribution is -0.132. The van der Waals surface area contributed by atoms with Crippen molar-refractivity contribution in [1.82, 2.24) is 0 Å². The van der Waals surface area contributed by atoms with Gasteiger partial charge >= 0.3 is 5.97 Å². The SMILES string of the molecule is CC/C=C(/CC(C)C)C(=O)O. The Morgan fingerprint density at radius 2 is 2.09 bits per heavy atom. The van der Waals surface area contributed by atoms with Crippen molar-refractivity contribution >= 4 is 5.97 Å². The molecule has 0 aromatic heterocycles. The molecule has 0 radical (unpaired) electrons. The second-order valence-electron chi connectivity index (χ2n) is 3.04. The second kappa shape index (κ2) is 4.94. The molecule has 0 atom stereocenters. The van der Waals surface area contributed by atoms with E-state index in [1.165, 1.54) is 0 Å². The summed E-state index contributed by atoms with van der Waals surface area (Å²) in [5.41, 5.74) is 0.544. The number of carbonyl (C=O) groups is 1. The van der Waals surface area contributed by atoms with Crippen molar-refractivity contribution in [3.05, 3.63) is 11.6 Å². The first-order chi connectivity index (χ1) is 5.07. The monoisotopic (exact) mass is 156 g/mol. The van der Waals surface area contributed by atoms with Gasteiger partial charge in [-0.3, -0.25) is 0 Å². The largest absolute Gasteiger partial charge is 0.478 e. The third-order valence-corrected chi connectivity index (χ3v) is 1.35. The number of hydrogen-bond donors (Lipinski definition) is 1. The van der Waals surface area contributed by atoms with Gasteiger partial charge in [-0.05, 0) is 18.8 Å². The van der Waals surface area contributed by atoms with Crippen LogP contribution in [0.5, 0.6) is 0 Å². The molecule has 0 rings (SSSR count). The van der Waals surface area contributed by atoms with E-state index < -0.39 is 5.97 Å². The van der Waals surface area contributed by atoms with Crippen LogP contribution < -0.4 is 0 Å². The molecule has 0 saturated heterocycles. The molecule has 0 spiro atoms. The van der Waals surface area contributed by atoms with E-state index in [0.717, 1.165) is 6.42 Å². The molecule has 2 nitrogen and oxygen atoms in total. The van der Waals surface area contributed by atoms with Gasteiger partial charge in [0, 0.05) is 5.57 Å². The van der Waals surface area contributed by atoms with Gasteiger partial charge in [0.15, 0.2) is 0 Å². The van der Waals surface area contributed by atoms with Crippen LogP contribution in [0.2, 0.25) is 0 Å². The highest BCUT2D eigenvalue weighted by Crippen LogP contribution is 2.11. The molecule has 0 aliphatic carbocycles. The van der Waals surface area contributed by atoms with Crippen molar-refractivity contribution in [1.29, 1.82) is 0 Å². The van der Waals surface area contributed by atoms with Crippen LogP contribution in [-0.4, -0.2) is 11.1 Å². The standard InChI is InChI=1S/C9H16O2/c1-4-5-8(9(10)11)6-7(2)3/h5,7H,4,6H2,1-3H3,(H,10,11)/b8-5-. The number of carboxylic acid groups (broad SMARTS) is 1. The van der Waals surface area contributed by atoms with Gasteiger partial charge < -0.3 is 5.11 Å². The third kappa shape index (κ3) is 4.59. The zero-order valence-electron chi connectivity index (χ0n) is 7.42. The van der Waals surface area contributed by atoms with Crippen molar-refractivity contribution in [2.75, 3.05) is 0 Å². The lowest BCUT2D eigenvalue weighted by Crippen LogP contribution is -2.03. The summed E-state index contributed by atoms with van der Waals surface area (Å²) < 4.78 is 0. The van der Waals surface area contributed by atoms with E-state index in [2.05, 4.69) is 0 Å². The Kier molecular flexibility index (Phi) is 4.59. The molecule has 2 heteroatoms. The molecule has 0 heterocycles. The van der Waals surface area contributed by atoms with Crippen molar-refractivity contribution in [3.63, 3.8) is 0 Å². The van der Waals surface area contributed by atoms with Gasteiger partial charge in [-0.2, -0.15) is 0 Å². The average Bonchev–Trinajstić information content (AvgIpc) is 1.86. The van der Waals surface area contributed by atoms with Gasteiger partial charge in [0.1, 0.15) is 0 Å². The summed E-state index contributed by atoms with van der Waals surface area (Å²) >= 11 is 0. The fourth-order valence-electron chi connectivity index (χ4n) is 0.944. The highest BCUT2D eigenvalue weighted by molar-refractivity contribution is 5.86. The van der Waals surface area contributed by atoms with Crippen LogP contribution >= 0.6 is 0 Å². The number of hydrogen-bond acceptors (Lipinski definition) is 1. The van der Waals surface area contributed by atoms with E-state index >= 15 is 0 Å². The van der Waals surface area contributed by atoms with E-state index in [1.807, 2.05) is 20.8 Å². The summed E-state index contributed by atoms with van der Waals surface area (Å²) in [7, 11) is 0. The zero-order valence-corrected chi connectivity index (χ0v) is 7.42. The minimum absolute atomic E-state index is 0.420. The Morgan fingerprint density at radius 1 is 1.55 bits per heavy atom. The van der Waals surface area contributed by atoms with E-state index in [4.69, 9.17) is 5.11 Å². The number of aliphatic carboxylic acids is 1. The zero-order chi connectivity index (χ0) is 8.85. The molecule has 0 aliphatic rings. The maximum Gasteiger partial charge on any atom is 0.331 e. The lowest BCUT2D eigenvalue weighted by atomic mass is 10.0. The normalized spacial score (nSPS) is 12.2. The molecule has 0 aliphatic heterocycles. The van der Waals surface area contributed by atoms with E-state index in [-0.39, 0.29) is 0 Å². The molecule has 0 saturated carbocycles. The average molecular weight is 156 g/mol. The molecular formula is C9H16O2. The molecule has 64 valence electrons. The first-order valence-corrected chi connectivity index (χ1v) is 4.00. The smallest absolute Gasteiger partial charge is 0.331 e. The van der Waals surface area contributed by atoms with Crippen molar-refractivity contribution in [3.8, 4) is 0 Å². The van der Waals surface area contributed by atoms with Gasteiger partial charge in [-0.15, -0.1) is 0 Å². The fourth-order valence-corrected chi connectivity index (χ4v) is 0.944. The summed E-state index contributed by atoms with van der Waals surface area (Å²) in [4.78, 5) is 10.6. The predicted molar refractivity (Wildman–Crippen MR) is 45.5 cm³/mol. The highest BCUT2D eigenvalue weighted by Gasteiger charge is 2.07. The van der Waals surface area contributed by atoms with Crippen LogP contribution in [0.25, 0.3) is 0 Å². The Bertz CT molecular complexity index is 157. The van der Waals surface area contributed by atoms with Gasteiger partial charge in [-0.25, -0.2) is 4.79 Å². The summed E-state index contributed by atoms with van der Waals surface area (Å²) in [6.07, 6.45) is 3.25. The molecule has 0 amide bonds. The number of rotatable bonds is 4. The fraction of sp³-hybridized carbons (Fsp3) is 0.667. The summed E-state index contributed by atoms with van der Waals surface area (Å²) in [6, 6.07) is 0. The Hall–Kier alpha value is -0.790. The quantitative estimate of drug-likeness (QED) is 0.635. The van der Waals surface area contributed by atoms with E-state index in [9.17, 15) is 4.79 Å². The predicted octanol–water partition coefficient (Wildman–Crippen LogP) is 2.45. The van der Waals surface area contributed by atoms with Crippen molar-refractivity contribution in [2.24, 2.45) is 5.92 Å². The summed E-state index contributed by atoms with van der Waals surface area (Å²) in [5, 5.41) is 8.68. The highest BCUT2D eigenvalue weighted by atomic mass is 16.4. The van der Waals surface area contributed by atoms with Crippen molar-refractivity contribution in [2.45, 2.75) is 33.6 Å². The minimum Gasteiger partial charge on any atom is -0.478 e. The van der Waals surface area contributed by atoms with Crippen LogP contribution in [0.4, 0.5) is 0 Å². The van der Waals surface area contributed by atoms with E-state index in [1.54, 1.807) is 6.08 Å². The van der Waals surface area contributed by atoms with Crippen LogP contribution in [0.15, 0.2) is 11.6 Å². The minimum atomic E-state index is -0.777.